The van der Waals surface area contributed by atoms with Gasteiger partial charge in [-0.2, -0.15) is 0 Å². The molecule has 2 rings (SSSR count). The molecule has 7 atom stereocenters. The van der Waals surface area contributed by atoms with Crippen molar-refractivity contribution >= 4 is 70.9 Å². The van der Waals surface area contributed by atoms with Crippen LogP contribution in [0.1, 0.15) is 105 Å². The molecule has 0 spiro atoms. The summed E-state index contributed by atoms with van der Waals surface area (Å²) in [6.07, 6.45) is 2.07. The van der Waals surface area contributed by atoms with Crippen LogP contribution in [-0.2, 0) is 57.5 Å². The molecule has 11 amide bonds. The molecule has 376 valence electrons. The predicted octanol–water partition coefficient (Wildman–Crippen LogP) is -4.38. The Kier molecular flexibility index (Phi) is 24.2. The van der Waals surface area contributed by atoms with Gasteiger partial charge in [-0.15, -0.1) is 0 Å². The zero-order valence-electron chi connectivity index (χ0n) is 39.0. The third-order valence-corrected chi connectivity index (χ3v) is 10.8. The normalized spacial score (nSPS) is 17.7. The van der Waals surface area contributed by atoms with Crippen LogP contribution in [0.15, 0.2) is 0 Å². The van der Waals surface area contributed by atoms with E-state index in [4.69, 9.17) is 11.5 Å². The second-order valence-corrected chi connectivity index (χ2v) is 17.5. The highest BCUT2D eigenvalue weighted by molar-refractivity contribution is 5.97. The Labute approximate surface area is 389 Å². The summed E-state index contributed by atoms with van der Waals surface area (Å²) in [4.78, 5) is 153. The highest BCUT2D eigenvalue weighted by Gasteiger charge is 2.36. The van der Waals surface area contributed by atoms with Crippen LogP contribution in [0, 0.1) is 11.8 Å². The Bertz CT molecular complexity index is 1810. The molecule has 25 heteroatoms. The fourth-order valence-electron chi connectivity index (χ4n) is 7.27. The van der Waals surface area contributed by atoms with Gasteiger partial charge in [0.15, 0.2) is 0 Å². The number of carbonyl (C=O) groups excluding carboxylic acids is 11. The summed E-state index contributed by atoms with van der Waals surface area (Å²) in [5.74, 6) is -9.09. The van der Waals surface area contributed by atoms with Crippen molar-refractivity contribution in [1.29, 1.82) is 0 Å². The smallest absolute Gasteiger partial charge is 0.326 e. The van der Waals surface area contributed by atoms with E-state index in [1.165, 1.54) is 11.8 Å². The predicted molar refractivity (Wildman–Crippen MR) is 238 cm³/mol. The highest BCUT2D eigenvalue weighted by Crippen LogP contribution is 2.18. The van der Waals surface area contributed by atoms with Gasteiger partial charge >= 0.3 is 5.97 Å². The minimum absolute atomic E-state index is 0.0832. The van der Waals surface area contributed by atoms with Crippen LogP contribution < -0.4 is 59.3 Å². The maximum absolute atomic E-state index is 13.4. The number of nitrogens with zero attached hydrogens (tertiary/aromatic N) is 1. The zero-order chi connectivity index (χ0) is 50.4. The molecule has 0 saturated carbocycles. The summed E-state index contributed by atoms with van der Waals surface area (Å²) < 4.78 is 0. The van der Waals surface area contributed by atoms with Crippen LogP contribution >= 0.6 is 0 Å². The number of likely N-dealkylation sites (tertiary alicyclic amines) is 1. The molecular weight excluding hydrogens is 881 g/mol. The van der Waals surface area contributed by atoms with E-state index in [1.807, 2.05) is 0 Å². The lowest BCUT2D eigenvalue weighted by Gasteiger charge is -2.26. The molecule has 1 unspecified atom stereocenters. The molecule has 0 aromatic carbocycles. The molecule has 2 aliphatic heterocycles. The van der Waals surface area contributed by atoms with Crippen molar-refractivity contribution in [1.82, 2.24) is 52.8 Å². The van der Waals surface area contributed by atoms with Gasteiger partial charge in [0.25, 0.3) is 0 Å². The molecule has 2 saturated heterocycles. The molecule has 25 nitrogen and oxygen atoms in total. The number of carbonyl (C=O) groups is 12. The van der Waals surface area contributed by atoms with Gasteiger partial charge in [0, 0.05) is 19.4 Å². The van der Waals surface area contributed by atoms with E-state index in [1.54, 1.807) is 27.7 Å². The molecule has 2 aliphatic rings. The fraction of sp³-hybridized carbons (Fsp3) is 0.714. The number of rotatable bonds is 29. The number of carboxylic acids is 1. The first-order valence-electron chi connectivity index (χ1n) is 22.7. The summed E-state index contributed by atoms with van der Waals surface area (Å²) in [6.45, 7) is 7.35. The third-order valence-electron chi connectivity index (χ3n) is 10.8. The monoisotopic (exact) mass is 951 g/mol. The lowest BCUT2D eigenvalue weighted by atomic mass is 10.0. The molecule has 0 aromatic rings. The van der Waals surface area contributed by atoms with Gasteiger partial charge in [-0.3, -0.25) is 52.7 Å². The molecular formula is C42H70N12O13. The van der Waals surface area contributed by atoms with Crippen LogP contribution in [0.3, 0.4) is 0 Å². The van der Waals surface area contributed by atoms with E-state index in [0.29, 0.717) is 32.2 Å². The Morgan fingerprint density at radius 2 is 1.25 bits per heavy atom. The summed E-state index contributed by atoms with van der Waals surface area (Å²) in [6, 6.07) is -7.84. The average Bonchev–Trinajstić information content (AvgIpc) is 3.93. The molecule has 0 aromatic heterocycles. The summed E-state index contributed by atoms with van der Waals surface area (Å²) >= 11 is 0. The number of nitrogens with two attached hydrogens (primary N) is 2. The first kappa shape index (κ1) is 56.7. The van der Waals surface area contributed by atoms with Crippen LogP contribution in [0.4, 0.5) is 0 Å². The van der Waals surface area contributed by atoms with Gasteiger partial charge in [0.2, 0.25) is 65.0 Å². The average molecular weight is 951 g/mol. The molecule has 14 N–H and O–H groups in total. The topological polar surface area (TPSA) is 389 Å². The maximum atomic E-state index is 13.4. The third kappa shape index (κ3) is 20.8. The van der Waals surface area contributed by atoms with Crippen molar-refractivity contribution < 1.29 is 62.6 Å². The summed E-state index contributed by atoms with van der Waals surface area (Å²) in [5.41, 5.74) is 10.8. The molecule has 2 heterocycles. The lowest BCUT2D eigenvalue weighted by molar-refractivity contribution is -0.144. The number of unbranched alkanes of at least 4 members (excludes halogenated alkanes) is 1. The van der Waals surface area contributed by atoms with Crippen molar-refractivity contribution in [2.24, 2.45) is 23.3 Å². The number of hydrogen-bond donors (Lipinski definition) is 12. The second-order valence-electron chi connectivity index (χ2n) is 17.5. The Morgan fingerprint density at radius 3 is 1.82 bits per heavy atom. The summed E-state index contributed by atoms with van der Waals surface area (Å²) in [5, 5.41) is 31.8. The number of aliphatic carboxylic acids is 1. The van der Waals surface area contributed by atoms with E-state index in [9.17, 15) is 62.6 Å². The van der Waals surface area contributed by atoms with E-state index in [2.05, 4.69) is 47.9 Å². The number of hydrogen-bond acceptors (Lipinski definition) is 13. The van der Waals surface area contributed by atoms with E-state index < -0.39 is 127 Å². The van der Waals surface area contributed by atoms with Crippen molar-refractivity contribution in [2.45, 2.75) is 148 Å². The van der Waals surface area contributed by atoms with Gasteiger partial charge in [-0.25, -0.2) is 4.79 Å². The lowest BCUT2D eigenvalue weighted by Crippen LogP contribution is -2.57. The summed E-state index contributed by atoms with van der Waals surface area (Å²) in [7, 11) is 0. The van der Waals surface area contributed by atoms with Gasteiger partial charge < -0.3 is 69.3 Å². The quantitative estimate of drug-likeness (QED) is 0.0316. The molecule has 0 bridgehead atoms. The Hall–Kier alpha value is -6.40. The molecule has 0 aliphatic carbocycles. The first-order chi connectivity index (χ1) is 31.5. The van der Waals surface area contributed by atoms with Crippen molar-refractivity contribution in [2.75, 3.05) is 32.7 Å². The van der Waals surface area contributed by atoms with Gasteiger partial charge in [0.05, 0.1) is 19.6 Å². The van der Waals surface area contributed by atoms with Crippen molar-refractivity contribution in [3.63, 3.8) is 0 Å². The molecule has 2 fully saturated rings. The van der Waals surface area contributed by atoms with Crippen LogP contribution in [0.5, 0.6) is 0 Å². The van der Waals surface area contributed by atoms with Gasteiger partial charge in [-0.05, 0) is 83.1 Å². The van der Waals surface area contributed by atoms with Crippen LogP contribution in [0.2, 0.25) is 0 Å². The Morgan fingerprint density at radius 1 is 0.672 bits per heavy atom. The van der Waals surface area contributed by atoms with E-state index >= 15 is 0 Å². The van der Waals surface area contributed by atoms with E-state index in [-0.39, 0.29) is 69.2 Å². The number of nitrogens with one attached hydrogen (secondary N) is 9. The minimum Gasteiger partial charge on any atom is -0.480 e. The Balaban J connectivity index is 1.98. The molecule has 67 heavy (non-hydrogen) atoms. The SMILES string of the molecule is CC(C)C[C@H](NC(=O)CNC(=O)[C@H](CC(C)C)NC(=O)[C@H](CCC(N)=O)NC(=O)CNC(=O)C1CCC(=O)N1)C(=O)N[C@@H](C)C(=O)NCC(=O)N1CCC[C@H]1C(=O)N[C@@H](CCCCN)C(=O)O. The maximum Gasteiger partial charge on any atom is 0.326 e. The standard InChI is InChI=1S/C42H70N12O13/c1-22(2)17-28(53-39(63)26(11-13-31(44)55)50-33(57)19-45-37(61)25-12-14-32(56)49-25)38(62)46-20-34(58)51-29(18-23(3)4)40(64)48-24(5)36(60)47-21-35(59)54-16-8-10-30(54)41(65)52-27(42(66)67)9-6-7-15-43/h22-30H,6-21,43H2,1-5H3,(H2,44,55)(H,45,61)(H,46,62)(H,47,60)(H,48,64)(H,49,56)(H,50,57)(H,51,58)(H,52,65)(H,53,63)(H,66,67)/t24-,25?,26-,27-,28-,29-,30-/m0/s1. The largest absolute Gasteiger partial charge is 0.480 e. The van der Waals surface area contributed by atoms with Gasteiger partial charge in [0.1, 0.15) is 42.3 Å². The first-order valence-corrected chi connectivity index (χ1v) is 22.7. The second kappa shape index (κ2) is 28.6. The van der Waals surface area contributed by atoms with Gasteiger partial charge in [-0.1, -0.05) is 27.7 Å². The minimum atomic E-state index is -1.36. The number of amides is 11. The van der Waals surface area contributed by atoms with Crippen LogP contribution in [0.25, 0.3) is 0 Å². The highest BCUT2D eigenvalue weighted by atomic mass is 16.4. The number of carboxylic acid groups (broad SMARTS) is 1. The number of primary amides is 1. The van der Waals surface area contributed by atoms with Crippen LogP contribution in [-0.4, -0.2) is 156 Å². The van der Waals surface area contributed by atoms with E-state index in [0.717, 1.165) is 0 Å². The van der Waals surface area contributed by atoms with Crippen molar-refractivity contribution in [3.05, 3.63) is 0 Å². The fourth-order valence-corrected chi connectivity index (χ4v) is 7.27. The van der Waals surface area contributed by atoms with Crippen molar-refractivity contribution in [3.8, 4) is 0 Å². The molecule has 0 radical (unpaired) electrons. The zero-order valence-corrected chi connectivity index (χ0v) is 39.0.